The molecule has 126 valence electrons. The number of benzene rings is 1. The number of thiazole rings is 1. The van der Waals surface area contributed by atoms with Crippen LogP contribution in [0.4, 0.5) is 5.13 Å². The lowest BCUT2D eigenvalue weighted by Crippen LogP contribution is -2.12. The number of amides is 1. The number of carbonyl (C=O) groups excluding carboxylic acids is 1. The number of aromatic nitrogens is 3. The highest BCUT2D eigenvalue weighted by Gasteiger charge is 2.19. The summed E-state index contributed by atoms with van der Waals surface area (Å²) in [4.78, 5) is 16.9. The van der Waals surface area contributed by atoms with Crippen molar-refractivity contribution < 1.29 is 19.0 Å². The van der Waals surface area contributed by atoms with Crippen molar-refractivity contribution in [1.29, 1.82) is 0 Å². The normalized spacial score (nSPS) is 10.7. The van der Waals surface area contributed by atoms with E-state index in [-0.39, 0.29) is 11.8 Å². The molecule has 0 aliphatic carbocycles. The molecule has 9 heteroatoms. The Bertz CT molecular complexity index is 861. The summed E-state index contributed by atoms with van der Waals surface area (Å²) < 4.78 is 18.1. The van der Waals surface area contributed by atoms with E-state index in [4.69, 9.17) is 14.2 Å². The average molecular weight is 348 g/mol. The molecule has 8 nitrogen and oxygen atoms in total. The Morgan fingerprint density at radius 1 is 1.17 bits per heavy atom. The molecule has 0 spiro atoms. The lowest BCUT2D eigenvalue weighted by molar-refractivity contribution is 0.102. The Balaban J connectivity index is 1.96. The van der Waals surface area contributed by atoms with Crippen LogP contribution in [0.15, 0.2) is 18.3 Å². The van der Waals surface area contributed by atoms with Crippen molar-refractivity contribution in [2.75, 3.05) is 26.6 Å². The fourth-order valence-electron chi connectivity index (χ4n) is 2.28. The maximum atomic E-state index is 12.5. The summed E-state index contributed by atoms with van der Waals surface area (Å²) in [5.74, 6) is 1.19. The third kappa shape index (κ3) is 2.73. The van der Waals surface area contributed by atoms with E-state index in [9.17, 15) is 4.79 Å². The fraction of sp³-hybridized carbons (Fsp3) is 0.267. The minimum absolute atomic E-state index is 0.256. The van der Waals surface area contributed by atoms with Crippen LogP contribution in [0, 0.1) is 0 Å². The maximum Gasteiger partial charge on any atom is 0.264 e. The second kappa shape index (κ2) is 6.36. The molecule has 0 unspecified atom stereocenters. The number of rotatable bonds is 5. The van der Waals surface area contributed by atoms with Crippen LogP contribution < -0.4 is 19.5 Å². The van der Waals surface area contributed by atoms with E-state index in [1.54, 1.807) is 39.6 Å². The van der Waals surface area contributed by atoms with Crippen LogP contribution >= 0.6 is 11.3 Å². The number of carbonyl (C=O) groups is 1. The molecule has 0 bridgehead atoms. The highest BCUT2D eigenvalue weighted by Crippen LogP contribution is 2.39. The molecule has 2 heterocycles. The van der Waals surface area contributed by atoms with Gasteiger partial charge >= 0.3 is 0 Å². The number of anilines is 1. The van der Waals surface area contributed by atoms with E-state index in [0.29, 0.717) is 27.7 Å². The van der Waals surface area contributed by atoms with Gasteiger partial charge in [0.05, 0.1) is 21.3 Å². The third-order valence-electron chi connectivity index (χ3n) is 3.36. The molecule has 0 fully saturated rings. The predicted octanol–water partition coefficient (Wildman–Crippen LogP) is 2.31. The molecule has 3 rings (SSSR count). The summed E-state index contributed by atoms with van der Waals surface area (Å²) in [5.41, 5.74) is 0.966. The second-order valence-corrected chi connectivity index (χ2v) is 5.85. The highest BCUT2D eigenvalue weighted by atomic mass is 32.1. The van der Waals surface area contributed by atoms with Gasteiger partial charge in [0.15, 0.2) is 5.13 Å². The van der Waals surface area contributed by atoms with Gasteiger partial charge in [-0.25, -0.2) is 4.98 Å². The average Bonchev–Trinajstić information content (AvgIpc) is 3.16. The van der Waals surface area contributed by atoms with Crippen LogP contribution in [0.1, 0.15) is 10.4 Å². The number of nitrogens with zero attached hydrogens (tertiary/aromatic N) is 3. The van der Waals surface area contributed by atoms with Crippen LogP contribution in [0.2, 0.25) is 0 Å². The number of hydrogen-bond donors (Lipinski definition) is 1. The van der Waals surface area contributed by atoms with Gasteiger partial charge in [0.2, 0.25) is 5.88 Å². The van der Waals surface area contributed by atoms with E-state index in [0.717, 1.165) is 4.70 Å². The van der Waals surface area contributed by atoms with Crippen LogP contribution in [0.5, 0.6) is 17.4 Å². The molecule has 1 N–H and O–H groups in total. The number of methoxy groups -OCH3 is 3. The first kappa shape index (κ1) is 16.1. The molecule has 2 aromatic heterocycles. The summed E-state index contributed by atoms with van der Waals surface area (Å²) in [6.07, 6.45) is 1.59. The van der Waals surface area contributed by atoms with Gasteiger partial charge in [-0.05, 0) is 12.1 Å². The van der Waals surface area contributed by atoms with Gasteiger partial charge in [0.1, 0.15) is 27.3 Å². The predicted molar refractivity (Wildman–Crippen MR) is 90.4 cm³/mol. The molecule has 3 aromatic rings. The van der Waals surface area contributed by atoms with Crippen molar-refractivity contribution in [3.63, 3.8) is 0 Å². The zero-order valence-corrected chi connectivity index (χ0v) is 14.4. The molecule has 0 saturated heterocycles. The molecule has 1 amide bonds. The quantitative estimate of drug-likeness (QED) is 0.761. The van der Waals surface area contributed by atoms with Crippen LogP contribution in [-0.4, -0.2) is 42.0 Å². The first-order valence-corrected chi connectivity index (χ1v) is 7.79. The zero-order chi connectivity index (χ0) is 17.3. The number of hydrogen-bond acceptors (Lipinski definition) is 7. The van der Waals surface area contributed by atoms with Crippen molar-refractivity contribution in [3.8, 4) is 17.4 Å². The van der Waals surface area contributed by atoms with Gasteiger partial charge in [-0.15, -0.1) is 5.10 Å². The van der Waals surface area contributed by atoms with Crippen molar-refractivity contribution in [1.82, 2.24) is 14.8 Å². The molecule has 0 radical (unpaired) electrons. The first-order valence-electron chi connectivity index (χ1n) is 6.98. The van der Waals surface area contributed by atoms with E-state index in [1.165, 1.54) is 23.1 Å². The van der Waals surface area contributed by atoms with Crippen molar-refractivity contribution in [3.05, 3.63) is 23.9 Å². The Kier molecular flexibility index (Phi) is 4.26. The van der Waals surface area contributed by atoms with Crippen LogP contribution in [0.25, 0.3) is 10.2 Å². The monoisotopic (exact) mass is 348 g/mol. The van der Waals surface area contributed by atoms with E-state index in [1.807, 2.05) is 0 Å². The van der Waals surface area contributed by atoms with E-state index < -0.39 is 0 Å². The largest absolute Gasteiger partial charge is 0.495 e. The standard InChI is InChI=1S/C15H16N4O4S/c1-19-7-8(14(18-19)23-4)13(20)17-15-16-11-9(21-2)5-6-10(22-3)12(11)24-15/h5-7H,1-4H3,(H,16,17,20). The summed E-state index contributed by atoms with van der Waals surface area (Å²) in [5, 5.41) is 7.26. The molecule has 0 aliphatic rings. The lowest BCUT2D eigenvalue weighted by Gasteiger charge is -2.03. The van der Waals surface area contributed by atoms with Gasteiger partial charge in [-0.3, -0.25) is 14.8 Å². The highest BCUT2D eigenvalue weighted by molar-refractivity contribution is 7.22. The van der Waals surface area contributed by atoms with Crippen molar-refractivity contribution in [2.45, 2.75) is 0 Å². The van der Waals surface area contributed by atoms with E-state index >= 15 is 0 Å². The Morgan fingerprint density at radius 3 is 2.54 bits per heavy atom. The van der Waals surface area contributed by atoms with Crippen LogP contribution in [-0.2, 0) is 7.05 Å². The zero-order valence-electron chi connectivity index (χ0n) is 13.6. The SMILES string of the molecule is COc1nn(C)cc1C(=O)Nc1nc2c(OC)ccc(OC)c2s1. The third-order valence-corrected chi connectivity index (χ3v) is 4.35. The molecule has 1 aromatic carbocycles. The Morgan fingerprint density at radius 2 is 1.88 bits per heavy atom. The van der Waals surface area contributed by atoms with Gasteiger partial charge < -0.3 is 14.2 Å². The molecule has 24 heavy (non-hydrogen) atoms. The van der Waals surface area contributed by atoms with Gasteiger partial charge in [-0.1, -0.05) is 11.3 Å². The van der Waals surface area contributed by atoms with Crippen LogP contribution in [0.3, 0.4) is 0 Å². The van der Waals surface area contributed by atoms with Gasteiger partial charge in [0.25, 0.3) is 5.91 Å². The summed E-state index contributed by atoms with van der Waals surface area (Å²) in [6.45, 7) is 0. The first-order chi connectivity index (χ1) is 11.6. The number of ether oxygens (including phenoxy) is 3. The maximum absolute atomic E-state index is 12.5. The van der Waals surface area contributed by atoms with Gasteiger partial charge in [0, 0.05) is 13.2 Å². The molecular weight excluding hydrogens is 332 g/mol. The smallest absolute Gasteiger partial charge is 0.264 e. The Labute approximate surface area is 142 Å². The number of fused-ring (bicyclic) bond motifs is 1. The minimum Gasteiger partial charge on any atom is -0.495 e. The molecular formula is C15H16N4O4S. The summed E-state index contributed by atoms with van der Waals surface area (Å²) in [6, 6.07) is 3.58. The lowest BCUT2D eigenvalue weighted by atomic mass is 10.3. The van der Waals surface area contributed by atoms with E-state index in [2.05, 4.69) is 15.4 Å². The summed E-state index contributed by atoms with van der Waals surface area (Å²) >= 11 is 1.31. The summed E-state index contributed by atoms with van der Waals surface area (Å²) in [7, 11) is 6.33. The number of aryl methyl sites for hydroxylation is 1. The second-order valence-electron chi connectivity index (χ2n) is 4.85. The Hall–Kier alpha value is -2.81. The topological polar surface area (TPSA) is 87.5 Å². The number of nitrogens with one attached hydrogen (secondary N) is 1. The fourth-order valence-corrected chi connectivity index (χ4v) is 3.25. The van der Waals surface area contributed by atoms with Gasteiger partial charge in [-0.2, -0.15) is 0 Å². The van der Waals surface area contributed by atoms with Crippen molar-refractivity contribution in [2.24, 2.45) is 7.05 Å². The van der Waals surface area contributed by atoms with Crippen molar-refractivity contribution >= 4 is 32.6 Å². The minimum atomic E-state index is -0.350. The molecule has 0 atom stereocenters. The molecule has 0 aliphatic heterocycles. The molecule has 0 saturated carbocycles.